The number of carbonyl (C=O) groups excluding carboxylic acids is 1. The average Bonchev–Trinajstić information content (AvgIpc) is 2.25. The molecule has 1 aromatic carbocycles. The van der Waals surface area contributed by atoms with Gasteiger partial charge in [0.25, 0.3) is 5.91 Å². The zero-order chi connectivity index (χ0) is 12.0. The van der Waals surface area contributed by atoms with Crippen LogP contribution in [-0.2, 0) is 4.79 Å². The predicted octanol–water partition coefficient (Wildman–Crippen LogP) is 1.34. The topological polar surface area (TPSA) is 64.3 Å². The van der Waals surface area contributed by atoms with Crippen LogP contribution in [0, 0.1) is 0 Å². The Kier molecular flexibility index (Phi) is 4.39. The van der Waals surface area contributed by atoms with Gasteiger partial charge in [0.15, 0.2) is 6.10 Å². The number of hydrogen-bond donors (Lipinski definition) is 2. The number of amides is 1. The van der Waals surface area contributed by atoms with Crippen molar-refractivity contribution in [2.45, 2.75) is 13.0 Å². The monoisotopic (exact) mass is 220 g/mol. The molecular weight excluding hydrogens is 204 g/mol. The highest BCUT2D eigenvalue weighted by Gasteiger charge is 2.13. The molecule has 0 saturated carbocycles. The molecule has 0 bridgehead atoms. The number of hydrogen-bond acceptors (Lipinski definition) is 3. The Bertz CT molecular complexity index is 377. The second kappa shape index (κ2) is 5.80. The van der Waals surface area contributed by atoms with E-state index in [1.165, 1.54) is 0 Å². The fourth-order valence-electron chi connectivity index (χ4n) is 1.16. The Morgan fingerprint density at radius 2 is 2.44 bits per heavy atom. The summed E-state index contributed by atoms with van der Waals surface area (Å²) in [5.74, 6) is 0.406. The molecule has 16 heavy (non-hydrogen) atoms. The van der Waals surface area contributed by atoms with Crippen LogP contribution in [0.1, 0.15) is 6.92 Å². The highest BCUT2D eigenvalue weighted by Crippen LogP contribution is 2.15. The predicted molar refractivity (Wildman–Crippen MR) is 64.2 cm³/mol. The molecule has 1 atom stereocenters. The molecule has 0 aliphatic heterocycles. The third-order valence-corrected chi connectivity index (χ3v) is 1.96. The van der Waals surface area contributed by atoms with E-state index in [0.29, 0.717) is 18.0 Å². The number of benzene rings is 1. The molecule has 0 aliphatic rings. The maximum Gasteiger partial charge on any atom is 0.261 e. The SMILES string of the molecule is C=CCNC(=O)[C@H](C)Oc1cccc(N)c1. The maximum atomic E-state index is 11.5. The molecule has 86 valence electrons. The summed E-state index contributed by atoms with van der Waals surface area (Å²) in [6, 6.07) is 6.97. The van der Waals surface area contributed by atoms with Crippen molar-refractivity contribution in [3.05, 3.63) is 36.9 Å². The number of ether oxygens (including phenoxy) is 1. The normalized spacial score (nSPS) is 11.6. The summed E-state index contributed by atoms with van der Waals surface area (Å²) in [5.41, 5.74) is 6.20. The van der Waals surface area contributed by atoms with Crippen LogP contribution < -0.4 is 15.8 Å². The lowest BCUT2D eigenvalue weighted by molar-refractivity contribution is -0.127. The Morgan fingerprint density at radius 1 is 1.69 bits per heavy atom. The highest BCUT2D eigenvalue weighted by molar-refractivity contribution is 5.80. The van der Waals surface area contributed by atoms with Crippen molar-refractivity contribution in [3.8, 4) is 5.75 Å². The highest BCUT2D eigenvalue weighted by atomic mass is 16.5. The molecule has 4 nitrogen and oxygen atoms in total. The van der Waals surface area contributed by atoms with Gasteiger partial charge in [-0.15, -0.1) is 6.58 Å². The van der Waals surface area contributed by atoms with Gasteiger partial charge in [-0.1, -0.05) is 12.1 Å². The smallest absolute Gasteiger partial charge is 0.261 e. The van der Waals surface area contributed by atoms with Crippen molar-refractivity contribution in [2.24, 2.45) is 0 Å². The molecule has 1 aromatic rings. The molecule has 3 N–H and O–H groups in total. The minimum Gasteiger partial charge on any atom is -0.481 e. The zero-order valence-electron chi connectivity index (χ0n) is 9.27. The first kappa shape index (κ1) is 12.1. The molecule has 0 unspecified atom stereocenters. The molecule has 0 fully saturated rings. The van der Waals surface area contributed by atoms with Crippen LogP contribution in [0.3, 0.4) is 0 Å². The number of anilines is 1. The molecule has 1 amide bonds. The van der Waals surface area contributed by atoms with E-state index in [0.717, 1.165) is 0 Å². The molecule has 1 rings (SSSR count). The third-order valence-electron chi connectivity index (χ3n) is 1.96. The third kappa shape index (κ3) is 3.65. The van der Waals surface area contributed by atoms with Gasteiger partial charge in [-0.3, -0.25) is 4.79 Å². The lowest BCUT2D eigenvalue weighted by atomic mass is 10.3. The number of carbonyl (C=O) groups is 1. The van der Waals surface area contributed by atoms with Crippen LogP contribution in [0.4, 0.5) is 5.69 Å². The number of nitrogens with two attached hydrogens (primary N) is 1. The van der Waals surface area contributed by atoms with Crippen LogP contribution in [0.25, 0.3) is 0 Å². The molecule has 0 aromatic heterocycles. The zero-order valence-corrected chi connectivity index (χ0v) is 9.27. The maximum absolute atomic E-state index is 11.5. The first-order valence-corrected chi connectivity index (χ1v) is 5.04. The standard InChI is InChI=1S/C12H16N2O2/c1-3-7-14-12(15)9(2)16-11-6-4-5-10(13)8-11/h3-6,8-9H,1,7,13H2,2H3,(H,14,15)/t9-/m0/s1. The number of nitrogen functional groups attached to an aromatic ring is 1. The summed E-state index contributed by atoms with van der Waals surface area (Å²) in [6.45, 7) is 5.63. The Morgan fingerprint density at radius 3 is 3.06 bits per heavy atom. The van der Waals surface area contributed by atoms with E-state index in [2.05, 4.69) is 11.9 Å². The number of nitrogens with one attached hydrogen (secondary N) is 1. The van der Waals surface area contributed by atoms with Crippen LogP contribution in [0.2, 0.25) is 0 Å². The van der Waals surface area contributed by atoms with E-state index in [-0.39, 0.29) is 5.91 Å². The fourth-order valence-corrected chi connectivity index (χ4v) is 1.16. The van der Waals surface area contributed by atoms with Crippen molar-refractivity contribution >= 4 is 11.6 Å². The van der Waals surface area contributed by atoms with Gasteiger partial charge in [-0.05, 0) is 19.1 Å². The van der Waals surface area contributed by atoms with Crippen molar-refractivity contribution in [2.75, 3.05) is 12.3 Å². The van der Waals surface area contributed by atoms with Gasteiger partial charge < -0.3 is 15.8 Å². The summed E-state index contributed by atoms with van der Waals surface area (Å²) >= 11 is 0. The largest absolute Gasteiger partial charge is 0.481 e. The van der Waals surface area contributed by atoms with Gasteiger partial charge in [-0.25, -0.2) is 0 Å². The van der Waals surface area contributed by atoms with E-state index in [9.17, 15) is 4.79 Å². The fraction of sp³-hybridized carbons (Fsp3) is 0.250. The summed E-state index contributed by atoms with van der Waals surface area (Å²) in [5, 5.41) is 2.65. The molecule has 0 spiro atoms. The lowest BCUT2D eigenvalue weighted by Crippen LogP contribution is -2.36. The molecule has 0 saturated heterocycles. The van der Waals surface area contributed by atoms with Gasteiger partial charge in [0.1, 0.15) is 5.75 Å². The van der Waals surface area contributed by atoms with Crippen molar-refractivity contribution in [3.63, 3.8) is 0 Å². The van der Waals surface area contributed by atoms with E-state index in [1.807, 2.05) is 0 Å². The van der Waals surface area contributed by atoms with Crippen molar-refractivity contribution in [1.82, 2.24) is 5.32 Å². The Balaban J connectivity index is 2.53. The van der Waals surface area contributed by atoms with Gasteiger partial charge in [0, 0.05) is 18.3 Å². The van der Waals surface area contributed by atoms with Crippen LogP contribution in [-0.4, -0.2) is 18.6 Å². The summed E-state index contributed by atoms with van der Waals surface area (Å²) in [4.78, 5) is 11.5. The van der Waals surface area contributed by atoms with Crippen LogP contribution >= 0.6 is 0 Å². The van der Waals surface area contributed by atoms with Gasteiger partial charge in [0.05, 0.1) is 0 Å². The minimum absolute atomic E-state index is 0.178. The molecular formula is C12H16N2O2. The van der Waals surface area contributed by atoms with Gasteiger partial charge in [0.2, 0.25) is 0 Å². The van der Waals surface area contributed by atoms with Crippen LogP contribution in [0.15, 0.2) is 36.9 Å². The molecule has 0 heterocycles. The summed E-state index contributed by atoms with van der Waals surface area (Å²) in [7, 11) is 0. The lowest BCUT2D eigenvalue weighted by Gasteiger charge is -2.14. The van der Waals surface area contributed by atoms with E-state index in [4.69, 9.17) is 10.5 Å². The Labute approximate surface area is 95.1 Å². The van der Waals surface area contributed by atoms with Crippen molar-refractivity contribution < 1.29 is 9.53 Å². The first-order valence-electron chi connectivity index (χ1n) is 5.04. The van der Waals surface area contributed by atoms with Gasteiger partial charge in [-0.2, -0.15) is 0 Å². The second-order valence-electron chi connectivity index (χ2n) is 3.37. The summed E-state index contributed by atoms with van der Waals surface area (Å²) < 4.78 is 5.43. The first-order chi connectivity index (χ1) is 7.63. The van der Waals surface area contributed by atoms with Gasteiger partial charge >= 0.3 is 0 Å². The van der Waals surface area contributed by atoms with Crippen molar-refractivity contribution in [1.29, 1.82) is 0 Å². The average molecular weight is 220 g/mol. The molecule has 4 heteroatoms. The molecule has 0 aliphatic carbocycles. The van der Waals surface area contributed by atoms with E-state index in [1.54, 1.807) is 37.3 Å². The van der Waals surface area contributed by atoms with E-state index >= 15 is 0 Å². The second-order valence-corrected chi connectivity index (χ2v) is 3.37. The summed E-state index contributed by atoms with van der Waals surface area (Å²) in [6.07, 6.45) is 1.06. The Hall–Kier alpha value is -1.97. The van der Waals surface area contributed by atoms with E-state index < -0.39 is 6.10 Å². The minimum atomic E-state index is -0.554. The number of rotatable bonds is 5. The quantitative estimate of drug-likeness (QED) is 0.581. The molecule has 0 radical (unpaired) electrons. The van der Waals surface area contributed by atoms with Crippen LogP contribution in [0.5, 0.6) is 5.75 Å².